The quantitative estimate of drug-likeness (QED) is 0.276. The molecule has 37 heavy (non-hydrogen) atoms. The summed E-state index contributed by atoms with van der Waals surface area (Å²) in [6, 6.07) is 27.2. The van der Waals surface area contributed by atoms with Crippen molar-refractivity contribution in [2.75, 3.05) is 13.1 Å². The van der Waals surface area contributed by atoms with Crippen LogP contribution in [0.5, 0.6) is 28.7 Å². The van der Waals surface area contributed by atoms with Crippen molar-refractivity contribution in [1.82, 2.24) is 10.6 Å². The zero-order valence-corrected chi connectivity index (χ0v) is 20.7. The highest BCUT2D eigenvalue weighted by atomic mass is 16.5. The van der Waals surface area contributed by atoms with Crippen LogP contribution in [0.3, 0.4) is 0 Å². The fourth-order valence-electron chi connectivity index (χ4n) is 5.92. The molecule has 2 unspecified atom stereocenters. The molecule has 0 aromatic heterocycles. The van der Waals surface area contributed by atoms with Gasteiger partial charge in [-0.05, 0) is 121 Å². The molecule has 0 aliphatic carbocycles. The average molecular weight is 491 g/mol. The molecule has 0 amide bonds. The Morgan fingerprint density at radius 2 is 1.16 bits per heavy atom. The Bertz CT molecular complexity index is 1460. The highest BCUT2D eigenvalue weighted by molar-refractivity contribution is 5.48. The molecule has 4 aromatic rings. The van der Waals surface area contributed by atoms with E-state index < -0.39 is 0 Å². The first-order valence-corrected chi connectivity index (χ1v) is 13.2. The summed E-state index contributed by atoms with van der Waals surface area (Å²) < 4.78 is 12.6. The highest BCUT2D eigenvalue weighted by Gasteiger charge is 2.23. The molecule has 3 N–H and O–H groups in total. The maximum absolute atomic E-state index is 10.5. The number of phenolic OH excluding ortho intramolecular Hbond substituents is 1. The van der Waals surface area contributed by atoms with Gasteiger partial charge in [0.1, 0.15) is 17.2 Å². The van der Waals surface area contributed by atoms with Crippen LogP contribution >= 0.6 is 0 Å². The molecule has 0 spiro atoms. The van der Waals surface area contributed by atoms with Crippen molar-refractivity contribution >= 4 is 0 Å². The maximum atomic E-state index is 10.5. The SMILES string of the molecule is Oc1ccc2cc1Oc1ccc(cc1)CC1NCCc3ccc(cc31)Oc1ccc3c(c1)C(C2)NCC3. The Morgan fingerprint density at radius 3 is 1.81 bits per heavy atom. The Kier molecular flexibility index (Phi) is 5.60. The molecule has 4 aromatic carbocycles. The molecule has 5 nitrogen and oxygen atoms in total. The molecule has 186 valence electrons. The van der Waals surface area contributed by atoms with Gasteiger partial charge in [0.15, 0.2) is 11.5 Å². The second-order valence-corrected chi connectivity index (χ2v) is 10.3. The summed E-state index contributed by atoms with van der Waals surface area (Å²) in [6.45, 7) is 1.90. The Morgan fingerprint density at radius 1 is 0.595 bits per heavy atom. The number of benzene rings is 4. The van der Waals surface area contributed by atoms with E-state index in [1.807, 2.05) is 24.3 Å². The van der Waals surface area contributed by atoms with E-state index in [1.165, 1.54) is 27.8 Å². The van der Waals surface area contributed by atoms with E-state index in [4.69, 9.17) is 9.47 Å². The Labute approximate surface area is 217 Å². The summed E-state index contributed by atoms with van der Waals surface area (Å²) in [7, 11) is 0. The second kappa shape index (κ2) is 9.25. The van der Waals surface area contributed by atoms with E-state index in [1.54, 1.807) is 6.07 Å². The van der Waals surface area contributed by atoms with Crippen LogP contribution in [-0.2, 0) is 25.7 Å². The number of nitrogens with one attached hydrogen (secondary N) is 2. The summed E-state index contributed by atoms with van der Waals surface area (Å²) in [5.41, 5.74) is 7.64. The van der Waals surface area contributed by atoms with Crippen molar-refractivity contribution in [3.05, 3.63) is 112 Å². The largest absolute Gasteiger partial charge is 0.504 e. The van der Waals surface area contributed by atoms with Crippen LogP contribution < -0.4 is 20.1 Å². The molecule has 4 aliphatic rings. The minimum atomic E-state index is 0.143. The van der Waals surface area contributed by atoms with Gasteiger partial charge in [-0.25, -0.2) is 0 Å². The van der Waals surface area contributed by atoms with E-state index >= 15 is 0 Å². The highest BCUT2D eigenvalue weighted by Crippen LogP contribution is 2.37. The first-order valence-electron chi connectivity index (χ1n) is 13.2. The third kappa shape index (κ3) is 4.45. The van der Waals surface area contributed by atoms with E-state index in [-0.39, 0.29) is 17.8 Å². The summed E-state index contributed by atoms with van der Waals surface area (Å²) in [5, 5.41) is 17.9. The van der Waals surface area contributed by atoms with Gasteiger partial charge >= 0.3 is 0 Å². The standard InChI is InChI=1S/C32H30N2O3/c35-31-10-3-21-16-30-28-19-26(9-5-23(28)12-14-34-30)36-25-8-4-22-11-13-33-29(27(22)18-25)15-20-1-6-24(7-2-20)37-32(31)17-21/h1-10,17-19,29-30,33-35H,11-16H2. The first kappa shape index (κ1) is 22.4. The van der Waals surface area contributed by atoms with Gasteiger partial charge in [-0.15, -0.1) is 0 Å². The minimum Gasteiger partial charge on any atom is -0.504 e. The first-order chi connectivity index (χ1) is 18.2. The van der Waals surface area contributed by atoms with Gasteiger partial charge in [-0.1, -0.05) is 30.3 Å². The number of aromatic hydroxyl groups is 1. The average Bonchev–Trinajstić information content (AvgIpc) is 2.92. The van der Waals surface area contributed by atoms with Gasteiger partial charge in [-0.3, -0.25) is 0 Å². The van der Waals surface area contributed by atoms with Crippen molar-refractivity contribution < 1.29 is 14.6 Å². The maximum Gasteiger partial charge on any atom is 0.169 e. The van der Waals surface area contributed by atoms with E-state index in [0.717, 1.165) is 55.8 Å². The number of phenols is 1. The topological polar surface area (TPSA) is 62.8 Å². The number of hydrogen-bond acceptors (Lipinski definition) is 5. The lowest BCUT2D eigenvalue weighted by atomic mass is 9.90. The number of rotatable bonds is 0. The molecule has 0 fully saturated rings. The van der Waals surface area contributed by atoms with Crippen LogP contribution in [0.15, 0.2) is 78.9 Å². The van der Waals surface area contributed by atoms with Gasteiger partial charge in [0.05, 0.1) is 0 Å². The van der Waals surface area contributed by atoms with Gasteiger partial charge in [0, 0.05) is 12.1 Å². The Balaban J connectivity index is 1.33. The van der Waals surface area contributed by atoms with Crippen LogP contribution in [0.25, 0.3) is 0 Å². The summed E-state index contributed by atoms with van der Waals surface area (Å²) in [4.78, 5) is 0. The summed E-state index contributed by atoms with van der Waals surface area (Å²) in [6.07, 6.45) is 3.69. The molecule has 2 atom stereocenters. The Hall–Kier alpha value is -3.80. The van der Waals surface area contributed by atoms with Crippen molar-refractivity contribution in [3.63, 3.8) is 0 Å². The predicted molar refractivity (Wildman–Crippen MR) is 144 cm³/mol. The number of hydrogen-bond donors (Lipinski definition) is 3. The lowest BCUT2D eigenvalue weighted by molar-refractivity contribution is 0.410. The van der Waals surface area contributed by atoms with Crippen LogP contribution in [0.2, 0.25) is 0 Å². The third-order valence-electron chi connectivity index (χ3n) is 7.85. The van der Waals surface area contributed by atoms with E-state index in [9.17, 15) is 5.11 Å². The molecule has 8 rings (SSSR count). The van der Waals surface area contributed by atoms with Crippen LogP contribution in [0, 0.1) is 0 Å². The zero-order chi connectivity index (χ0) is 24.8. The normalized spacial score (nSPS) is 20.1. The van der Waals surface area contributed by atoms with Crippen molar-refractivity contribution in [1.29, 1.82) is 0 Å². The monoisotopic (exact) mass is 490 g/mol. The third-order valence-corrected chi connectivity index (χ3v) is 7.85. The molecule has 4 heterocycles. The second-order valence-electron chi connectivity index (χ2n) is 10.3. The number of fused-ring (bicyclic) bond motifs is 2. The van der Waals surface area contributed by atoms with Crippen LogP contribution in [0.1, 0.15) is 45.5 Å². The van der Waals surface area contributed by atoms with Crippen molar-refractivity contribution in [2.45, 2.75) is 37.8 Å². The van der Waals surface area contributed by atoms with Crippen molar-refractivity contribution in [2.24, 2.45) is 0 Å². The molecule has 4 aliphatic heterocycles. The molecule has 0 radical (unpaired) electrons. The van der Waals surface area contributed by atoms with Gasteiger partial charge < -0.3 is 25.2 Å². The molecule has 8 bridgehead atoms. The molecular formula is C32H30N2O3. The summed E-state index contributed by atoms with van der Waals surface area (Å²) in [5.74, 6) is 3.07. The molecule has 0 saturated heterocycles. The lowest BCUT2D eigenvalue weighted by Gasteiger charge is -2.28. The van der Waals surface area contributed by atoms with Crippen LogP contribution in [-0.4, -0.2) is 18.2 Å². The van der Waals surface area contributed by atoms with Gasteiger partial charge in [0.25, 0.3) is 0 Å². The number of ether oxygens (including phenoxy) is 2. The van der Waals surface area contributed by atoms with E-state index in [2.05, 4.69) is 59.2 Å². The minimum absolute atomic E-state index is 0.143. The molecule has 5 heteroatoms. The zero-order valence-electron chi connectivity index (χ0n) is 20.7. The molecular weight excluding hydrogens is 460 g/mol. The predicted octanol–water partition coefficient (Wildman–Crippen LogP) is 6.15. The van der Waals surface area contributed by atoms with Crippen molar-refractivity contribution in [3.8, 4) is 28.7 Å². The smallest absolute Gasteiger partial charge is 0.169 e. The van der Waals surface area contributed by atoms with Crippen LogP contribution in [0.4, 0.5) is 0 Å². The fourth-order valence-corrected chi connectivity index (χ4v) is 5.92. The van der Waals surface area contributed by atoms with Gasteiger partial charge in [0.2, 0.25) is 0 Å². The molecule has 0 saturated carbocycles. The summed E-state index contributed by atoms with van der Waals surface area (Å²) >= 11 is 0. The van der Waals surface area contributed by atoms with Gasteiger partial charge in [-0.2, -0.15) is 0 Å². The fraction of sp³-hybridized carbons (Fsp3) is 0.250. The van der Waals surface area contributed by atoms with E-state index in [0.29, 0.717) is 11.5 Å². The lowest BCUT2D eigenvalue weighted by Crippen LogP contribution is -2.31.